The van der Waals surface area contributed by atoms with Crippen molar-refractivity contribution in [3.05, 3.63) is 83.7 Å². The van der Waals surface area contributed by atoms with Crippen molar-refractivity contribution in [2.45, 2.75) is 24.5 Å². The third-order valence-electron chi connectivity index (χ3n) is 6.25. The van der Waals surface area contributed by atoms with E-state index in [4.69, 9.17) is 14.6 Å². The minimum Gasteiger partial charge on any atom is -0.477 e. The zero-order valence-corrected chi connectivity index (χ0v) is 18.6. The molecule has 0 radical (unpaired) electrons. The first-order valence-electron chi connectivity index (χ1n) is 11.2. The van der Waals surface area contributed by atoms with Crippen molar-refractivity contribution >= 4 is 23.7 Å². The van der Waals surface area contributed by atoms with E-state index in [9.17, 15) is 14.4 Å². The highest BCUT2D eigenvalue weighted by molar-refractivity contribution is 5.95. The smallest absolute Gasteiger partial charge is 0.407 e. The number of carboxylic acids is 1. The van der Waals surface area contributed by atoms with Crippen LogP contribution < -0.4 is 10.6 Å². The summed E-state index contributed by atoms with van der Waals surface area (Å²) in [6.45, 7) is 0.481. The van der Waals surface area contributed by atoms with Crippen LogP contribution in [0.15, 0.2) is 66.9 Å². The second-order valence-electron chi connectivity index (χ2n) is 8.38. The average Bonchev–Trinajstić information content (AvgIpc) is 3.45. The highest BCUT2D eigenvalue weighted by atomic mass is 16.6. The van der Waals surface area contributed by atoms with E-state index in [0.717, 1.165) is 22.3 Å². The molecule has 2 atom stereocenters. The lowest BCUT2D eigenvalue weighted by Crippen LogP contribution is -2.46. The summed E-state index contributed by atoms with van der Waals surface area (Å²) in [5, 5.41) is 14.3. The van der Waals surface area contributed by atoms with Crippen molar-refractivity contribution in [1.29, 1.82) is 0 Å². The number of anilines is 1. The zero-order chi connectivity index (χ0) is 24.4. The average molecular weight is 473 g/mol. The molecule has 2 aliphatic rings. The van der Waals surface area contributed by atoms with E-state index < -0.39 is 30.1 Å². The van der Waals surface area contributed by atoms with Crippen LogP contribution in [0.5, 0.6) is 0 Å². The summed E-state index contributed by atoms with van der Waals surface area (Å²) in [4.78, 5) is 40.0. The minimum absolute atomic E-state index is 0.0617. The van der Waals surface area contributed by atoms with Gasteiger partial charge in [0.05, 0.1) is 17.9 Å². The lowest BCUT2D eigenvalue weighted by molar-refractivity contribution is -0.125. The number of aromatic carboxylic acids is 1. The SMILES string of the molecule is O=C(N[C@@H]1CCO[C@@H]1C(=O)Nc1ccc(C(=O)O)nc1)OCC1c2ccccc2-c2ccccc21. The van der Waals surface area contributed by atoms with E-state index in [1.54, 1.807) is 0 Å². The van der Waals surface area contributed by atoms with Gasteiger partial charge >= 0.3 is 12.1 Å². The fraction of sp³-hybridized carbons (Fsp3) is 0.231. The summed E-state index contributed by atoms with van der Waals surface area (Å²) in [5.41, 5.74) is 4.72. The van der Waals surface area contributed by atoms with Crippen LogP contribution in [0.4, 0.5) is 10.5 Å². The molecule has 0 saturated carbocycles. The monoisotopic (exact) mass is 473 g/mol. The van der Waals surface area contributed by atoms with Crippen LogP contribution in [0.25, 0.3) is 11.1 Å². The Morgan fingerprint density at radius 1 is 1.00 bits per heavy atom. The van der Waals surface area contributed by atoms with Crippen LogP contribution in [0.2, 0.25) is 0 Å². The number of alkyl carbamates (subject to hydrolysis) is 1. The maximum absolute atomic E-state index is 12.7. The third-order valence-corrected chi connectivity index (χ3v) is 6.25. The van der Waals surface area contributed by atoms with Crippen LogP contribution in [-0.2, 0) is 14.3 Å². The number of fused-ring (bicyclic) bond motifs is 3. The molecule has 3 aromatic rings. The molecule has 9 nitrogen and oxygen atoms in total. The number of pyridine rings is 1. The molecule has 35 heavy (non-hydrogen) atoms. The maximum atomic E-state index is 12.7. The Balaban J connectivity index is 1.19. The number of carbonyl (C=O) groups is 3. The van der Waals surface area contributed by atoms with E-state index in [1.807, 2.05) is 36.4 Å². The first kappa shape index (κ1) is 22.5. The van der Waals surface area contributed by atoms with Crippen molar-refractivity contribution in [3.63, 3.8) is 0 Å². The second kappa shape index (κ2) is 9.55. The predicted molar refractivity (Wildman–Crippen MR) is 126 cm³/mol. The highest BCUT2D eigenvalue weighted by Gasteiger charge is 2.36. The Labute approximate surface area is 201 Å². The number of aromatic nitrogens is 1. The quantitative estimate of drug-likeness (QED) is 0.501. The van der Waals surface area contributed by atoms with E-state index in [2.05, 4.69) is 27.8 Å². The Morgan fingerprint density at radius 2 is 1.69 bits per heavy atom. The Hall–Kier alpha value is -4.24. The van der Waals surface area contributed by atoms with Gasteiger partial charge in [0.25, 0.3) is 5.91 Å². The van der Waals surface area contributed by atoms with Gasteiger partial charge < -0.3 is 25.2 Å². The van der Waals surface area contributed by atoms with Crippen LogP contribution in [0, 0.1) is 0 Å². The topological polar surface area (TPSA) is 127 Å². The number of rotatable bonds is 6. The molecule has 1 fully saturated rings. The molecule has 1 aromatic heterocycles. The molecule has 0 spiro atoms. The fourth-order valence-corrected chi connectivity index (χ4v) is 4.59. The van der Waals surface area contributed by atoms with E-state index in [0.29, 0.717) is 18.7 Å². The lowest BCUT2D eigenvalue weighted by atomic mass is 9.98. The maximum Gasteiger partial charge on any atom is 0.407 e. The van der Waals surface area contributed by atoms with Crippen molar-refractivity contribution < 1.29 is 29.0 Å². The normalized spacial score (nSPS) is 18.4. The first-order chi connectivity index (χ1) is 17.0. The molecular formula is C26H23N3O6. The fourth-order valence-electron chi connectivity index (χ4n) is 4.59. The summed E-state index contributed by atoms with van der Waals surface area (Å²) in [5.74, 6) is -1.68. The molecular weight excluding hydrogens is 450 g/mol. The number of benzene rings is 2. The lowest BCUT2D eigenvalue weighted by Gasteiger charge is -2.20. The van der Waals surface area contributed by atoms with E-state index >= 15 is 0 Å². The zero-order valence-electron chi connectivity index (χ0n) is 18.6. The van der Waals surface area contributed by atoms with Crippen molar-refractivity contribution in [2.24, 2.45) is 0 Å². The molecule has 9 heteroatoms. The number of nitrogens with one attached hydrogen (secondary N) is 2. The van der Waals surface area contributed by atoms with Gasteiger partial charge in [0.15, 0.2) is 6.10 Å². The summed E-state index contributed by atoms with van der Waals surface area (Å²) in [6.07, 6.45) is 0.185. The number of carbonyl (C=O) groups excluding carboxylic acids is 2. The van der Waals surface area contributed by atoms with Crippen molar-refractivity contribution in [3.8, 4) is 11.1 Å². The molecule has 5 rings (SSSR count). The van der Waals surface area contributed by atoms with Gasteiger partial charge in [-0.15, -0.1) is 0 Å². The summed E-state index contributed by atoms with van der Waals surface area (Å²) in [7, 11) is 0. The van der Waals surface area contributed by atoms with Gasteiger partial charge in [0, 0.05) is 12.5 Å². The van der Waals surface area contributed by atoms with Gasteiger partial charge in [0.1, 0.15) is 12.3 Å². The molecule has 2 aromatic carbocycles. The Morgan fingerprint density at radius 3 is 2.31 bits per heavy atom. The van der Waals surface area contributed by atoms with Crippen LogP contribution >= 0.6 is 0 Å². The molecule has 2 heterocycles. The minimum atomic E-state index is -1.16. The van der Waals surface area contributed by atoms with Gasteiger partial charge in [-0.25, -0.2) is 14.6 Å². The number of carboxylic acid groups (broad SMARTS) is 1. The van der Waals surface area contributed by atoms with Crippen LogP contribution in [0.3, 0.4) is 0 Å². The molecule has 178 valence electrons. The summed E-state index contributed by atoms with van der Waals surface area (Å²) in [6, 6.07) is 18.3. The molecule has 2 amide bonds. The molecule has 0 unspecified atom stereocenters. The summed E-state index contributed by atoms with van der Waals surface area (Å²) >= 11 is 0. The second-order valence-corrected chi connectivity index (χ2v) is 8.38. The number of hydrogen-bond donors (Lipinski definition) is 3. The summed E-state index contributed by atoms with van der Waals surface area (Å²) < 4.78 is 11.1. The molecule has 0 bridgehead atoms. The molecule has 1 saturated heterocycles. The number of ether oxygens (including phenoxy) is 2. The predicted octanol–water partition coefficient (Wildman–Crippen LogP) is 3.41. The van der Waals surface area contributed by atoms with Crippen molar-refractivity contribution in [2.75, 3.05) is 18.5 Å². The molecule has 1 aliphatic heterocycles. The van der Waals surface area contributed by atoms with Crippen LogP contribution in [0.1, 0.15) is 34.0 Å². The number of nitrogens with zero attached hydrogens (tertiary/aromatic N) is 1. The van der Waals surface area contributed by atoms with Gasteiger partial charge in [-0.3, -0.25) is 4.79 Å². The standard InChI is InChI=1S/C26H23N3O6/c30-24(28-15-9-10-22(25(31)32)27-13-15)23-21(11-12-34-23)29-26(33)35-14-20-18-7-3-1-5-16(18)17-6-2-4-8-19(17)20/h1-10,13,20-21,23H,11-12,14H2,(H,28,30)(H,29,33)(H,31,32)/t21-,23+/m1/s1. The largest absolute Gasteiger partial charge is 0.477 e. The Kier molecular flexibility index (Phi) is 6.15. The van der Waals surface area contributed by atoms with Gasteiger partial charge in [0.2, 0.25) is 0 Å². The number of amides is 2. The highest BCUT2D eigenvalue weighted by Crippen LogP contribution is 2.44. The first-order valence-corrected chi connectivity index (χ1v) is 11.2. The molecule has 3 N–H and O–H groups in total. The van der Waals surface area contributed by atoms with E-state index in [1.165, 1.54) is 18.3 Å². The van der Waals surface area contributed by atoms with Gasteiger partial charge in [-0.2, -0.15) is 0 Å². The number of hydrogen-bond acceptors (Lipinski definition) is 6. The Bertz CT molecular complexity index is 1230. The van der Waals surface area contributed by atoms with Crippen molar-refractivity contribution in [1.82, 2.24) is 10.3 Å². The van der Waals surface area contributed by atoms with Crippen LogP contribution in [-0.4, -0.2) is 53.4 Å². The van der Waals surface area contributed by atoms with Gasteiger partial charge in [-0.1, -0.05) is 48.5 Å². The molecule has 1 aliphatic carbocycles. The van der Waals surface area contributed by atoms with Gasteiger partial charge in [-0.05, 0) is 40.8 Å². The van der Waals surface area contributed by atoms with E-state index in [-0.39, 0.29) is 18.2 Å². The third kappa shape index (κ3) is 4.58.